The highest BCUT2D eigenvalue weighted by Gasteiger charge is 2.49. The third-order valence-electron chi connectivity index (χ3n) is 7.72. The molecule has 7 heteroatoms. The number of carbonyl (C=O) groups excluding carboxylic acids is 1. The maximum Gasteiger partial charge on any atom is 0.227 e. The number of carbonyl (C=O) groups is 1. The van der Waals surface area contributed by atoms with Crippen molar-refractivity contribution in [2.75, 3.05) is 42.6 Å². The van der Waals surface area contributed by atoms with E-state index in [1.54, 1.807) is 0 Å². The van der Waals surface area contributed by atoms with Crippen molar-refractivity contribution in [1.29, 1.82) is 0 Å². The number of amides is 1. The fourth-order valence-electron chi connectivity index (χ4n) is 6.15. The molecule has 29 heavy (non-hydrogen) atoms. The van der Waals surface area contributed by atoms with Gasteiger partial charge in [-0.2, -0.15) is 4.98 Å². The quantitative estimate of drug-likeness (QED) is 0.837. The molecule has 4 aliphatic rings. The Morgan fingerprint density at radius 1 is 1.03 bits per heavy atom. The molecule has 0 saturated carbocycles. The van der Waals surface area contributed by atoms with Gasteiger partial charge < -0.3 is 19.8 Å². The third-order valence-corrected chi connectivity index (χ3v) is 7.72. The third kappa shape index (κ3) is 3.18. The van der Waals surface area contributed by atoms with Gasteiger partial charge in [-0.15, -0.1) is 0 Å². The van der Waals surface area contributed by atoms with Crippen LogP contribution in [0.5, 0.6) is 0 Å². The summed E-state index contributed by atoms with van der Waals surface area (Å²) in [5, 5.41) is 10.2. The van der Waals surface area contributed by atoms with Gasteiger partial charge in [-0.05, 0) is 57.8 Å². The van der Waals surface area contributed by atoms with Gasteiger partial charge in [0.2, 0.25) is 11.9 Å². The summed E-state index contributed by atoms with van der Waals surface area (Å²) in [6, 6.07) is 0.224. The summed E-state index contributed by atoms with van der Waals surface area (Å²) in [6.07, 6.45) is 6.21. The highest BCUT2D eigenvalue weighted by Crippen LogP contribution is 2.43. The first-order valence-corrected chi connectivity index (χ1v) is 11.3. The molecule has 4 aliphatic heterocycles. The second-order valence-electron chi connectivity index (χ2n) is 9.42. The fourth-order valence-corrected chi connectivity index (χ4v) is 6.15. The molecule has 0 spiro atoms. The molecule has 1 amide bonds. The van der Waals surface area contributed by atoms with Crippen LogP contribution in [0.3, 0.4) is 0 Å². The van der Waals surface area contributed by atoms with Crippen molar-refractivity contribution in [1.82, 2.24) is 14.9 Å². The Bertz CT molecular complexity index is 780. The Hall–Kier alpha value is -1.89. The van der Waals surface area contributed by atoms with Gasteiger partial charge in [0.15, 0.2) is 0 Å². The number of nitrogens with zero attached hydrogens (tertiary/aromatic N) is 5. The molecule has 5 rings (SSSR count). The van der Waals surface area contributed by atoms with Gasteiger partial charge in [0.05, 0.1) is 12.6 Å². The summed E-state index contributed by atoms with van der Waals surface area (Å²) in [5.74, 6) is 2.94. The van der Waals surface area contributed by atoms with E-state index in [9.17, 15) is 9.90 Å². The molecule has 2 bridgehead atoms. The number of piperidine rings is 3. The van der Waals surface area contributed by atoms with Crippen molar-refractivity contribution in [2.24, 2.45) is 11.8 Å². The van der Waals surface area contributed by atoms with Crippen molar-refractivity contribution < 1.29 is 9.90 Å². The summed E-state index contributed by atoms with van der Waals surface area (Å²) < 4.78 is 0. The molecule has 5 heterocycles. The lowest BCUT2D eigenvalue weighted by molar-refractivity contribution is -0.150. The van der Waals surface area contributed by atoms with E-state index >= 15 is 0 Å². The zero-order valence-corrected chi connectivity index (χ0v) is 17.7. The molecule has 1 aromatic rings. The average Bonchev–Trinajstić information content (AvgIpc) is 3.26. The monoisotopic (exact) mass is 399 g/mol. The number of aliphatic hydroxyl groups excluding tert-OH is 1. The molecule has 7 nitrogen and oxygen atoms in total. The highest BCUT2D eigenvalue weighted by atomic mass is 16.3. The summed E-state index contributed by atoms with van der Waals surface area (Å²) in [7, 11) is 0. The van der Waals surface area contributed by atoms with Crippen molar-refractivity contribution in [3.63, 3.8) is 0 Å². The van der Waals surface area contributed by atoms with Crippen LogP contribution in [-0.2, 0) is 4.79 Å². The number of hydrogen-bond acceptors (Lipinski definition) is 6. The number of anilines is 2. The lowest BCUT2D eigenvalue weighted by Gasteiger charge is -2.56. The molecule has 0 aliphatic carbocycles. The molecular formula is C22H33N5O2. The molecular weight excluding hydrogens is 366 g/mol. The minimum atomic E-state index is -0.0480. The van der Waals surface area contributed by atoms with E-state index in [-0.39, 0.29) is 24.6 Å². The van der Waals surface area contributed by atoms with Crippen molar-refractivity contribution >= 4 is 17.7 Å². The van der Waals surface area contributed by atoms with Crippen LogP contribution in [0.1, 0.15) is 49.8 Å². The maximum atomic E-state index is 12.6. The smallest absolute Gasteiger partial charge is 0.227 e. The molecule has 0 radical (unpaired) electrons. The van der Waals surface area contributed by atoms with Crippen molar-refractivity contribution in [3.8, 4) is 0 Å². The minimum absolute atomic E-state index is 0.0480. The Morgan fingerprint density at radius 3 is 2.55 bits per heavy atom. The van der Waals surface area contributed by atoms with Gasteiger partial charge in [0.1, 0.15) is 5.82 Å². The summed E-state index contributed by atoms with van der Waals surface area (Å²) in [5.41, 5.74) is 2.21. The van der Waals surface area contributed by atoms with Gasteiger partial charge in [-0.25, -0.2) is 4.98 Å². The maximum absolute atomic E-state index is 12.6. The highest BCUT2D eigenvalue weighted by molar-refractivity contribution is 5.78. The van der Waals surface area contributed by atoms with Crippen LogP contribution in [0.25, 0.3) is 0 Å². The van der Waals surface area contributed by atoms with Crippen LogP contribution in [-0.4, -0.2) is 70.8 Å². The van der Waals surface area contributed by atoms with Gasteiger partial charge in [0.25, 0.3) is 0 Å². The molecule has 158 valence electrons. The molecule has 4 saturated heterocycles. The first-order chi connectivity index (χ1) is 14.1. The normalized spacial score (nSPS) is 32.0. The lowest BCUT2D eigenvalue weighted by atomic mass is 9.72. The number of hydrogen-bond donors (Lipinski definition) is 1. The van der Waals surface area contributed by atoms with E-state index in [2.05, 4.69) is 28.5 Å². The van der Waals surface area contributed by atoms with Crippen LogP contribution < -0.4 is 9.80 Å². The molecule has 4 atom stereocenters. The molecule has 4 fully saturated rings. The number of aromatic nitrogens is 2. The summed E-state index contributed by atoms with van der Waals surface area (Å²) in [6.45, 7) is 8.16. The predicted octanol–water partition coefficient (Wildman–Crippen LogP) is 1.89. The van der Waals surface area contributed by atoms with Crippen LogP contribution in [0, 0.1) is 25.7 Å². The van der Waals surface area contributed by atoms with Crippen molar-refractivity contribution in [2.45, 2.75) is 64.5 Å². The summed E-state index contributed by atoms with van der Waals surface area (Å²) >= 11 is 0. The number of rotatable bonds is 3. The first-order valence-electron chi connectivity index (χ1n) is 11.3. The van der Waals surface area contributed by atoms with Crippen LogP contribution >= 0.6 is 0 Å². The Balaban J connectivity index is 1.47. The second-order valence-corrected chi connectivity index (χ2v) is 9.42. The molecule has 1 N–H and O–H groups in total. The van der Waals surface area contributed by atoms with E-state index in [1.807, 2.05) is 0 Å². The van der Waals surface area contributed by atoms with E-state index in [4.69, 9.17) is 9.97 Å². The lowest BCUT2D eigenvalue weighted by Crippen LogP contribution is -2.66. The van der Waals surface area contributed by atoms with Crippen LogP contribution in [0.2, 0.25) is 0 Å². The Morgan fingerprint density at radius 2 is 1.79 bits per heavy atom. The predicted molar refractivity (Wildman–Crippen MR) is 112 cm³/mol. The number of aryl methyl sites for hydroxylation is 1. The standard InChI is InChI=1S/C22H33N5O2/c1-14-15(2)23-22(25-8-3-4-9-25)24-21(14)26-11-16-10-17(12-26)19(13-28)27-18(16)6-5-7-20(27)29/h16-19,28H,3-13H2,1-2H3/t16-,17+,18+,19+/m1/s1. The number of aliphatic hydroxyl groups is 1. The fraction of sp³-hybridized carbons (Fsp3) is 0.773. The largest absolute Gasteiger partial charge is 0.394 e. The Labute approximate surface area is 173 Å². The van der Waals surface area contributed by atoms with Crippen LogP contribution in [0.15, 0.2) is 0 Å². The van der Waals surface area contributed by atoms with Gasteiger partial charge in [0, 0.05) is 49.9 Å². The van der Waals surface area contributed by atoms with Crippen LogP contribution in [0.4, 0.5) is 11.8 Å². The van der Waals surface area contributed by atoms with Gasteiger partial charge in [-0.1, -0.05) is 0 Å². The van der Waals surface area contributed by atoms with E-state index in [1.165, 1.54) is 12.8 Å². The zero-order chi connectivity index (χ0) is 20.1. The molecule has 0 unspecified atom stereocenters. The van der Waals surface area contributed by atoms with E-state index < -0.39 is 0 Å². The van der Waals surface area contributed by atoms with E-state index in [0.29, 0.717) is 18.3 Å². The van der Waals surface area contributed by atoms with E-state index in [0.717, 1.165) is 68.5 Å². The topological polar surface area (TPSA) is 72.8 Å². The minimum Gasteiger partial charge on any atom is -0.394 e. The molecule has 1 aromatic heterocycles. The molecule has 0 aromatic carbocycles. The van der Waals surface area contributed by atoms with Gasteiger partial charge >= 0.3 is 0 Å². The van der Waals surface area contributed by atoms with Gasteiger partial charge in [-0.3, -0.25) is 4.79 Å². The second kappa shape index (κ2) is 7.42. The SMILES string of the molecule is Cc1nc(N2CCCC2)nc(N2C[C@H]3C[C@@H](C2)[C@H](CO)N2C(=O)CCC[C@@H]32)c1C. The summed E-state index contributed by atoms with van der Waals surface area (Å²) in [4.78, 5) is 29.3. The zero-order valence-electron chi connectivity index (χ0n) is 17.7. The first kappa shape index (κ1) is 19.1. The van der Waals surface area contributed by atoms with Crippen molar-refractivity contribution in [3.05, 3.63) is 11.3 Å². The number of fused-ring (bicyclic) bond motifs is 4. The average molecular weight is 400 g/mol. The Kier molecular flexibility index (Phi) is 4.88.